The summed E-state index contributed by atoms with van der Waals surface area (Å²) in [6.07, 6.45) is 10.8. The Bertz CT molecular complexity index is 1990. The van der Waals surface area contributed by atoms with Gasteiger partial charge in [-0.2, -0.15) is 0 Å². The lowest BCUT2D eigenvalue weighted by Gasteiger charge is -2.32. The third kappa shape index (κ3) is 10.5. The summed E-state index contributed by atoms with van der Waals surface area (Å²) < 4.78 is 12.2. The average molecular weight is 706 g/mol. The molecule has 1 heterocycles. The molecule has 0 aromatic heterocycles. The van der Waals surface area contributed by atoms with Gasteiger partial charge in [-0.3, -0.25) is 0 Å². The van der Waals surface area contributed by atoms with Gasteiger partial charge in [-0.05, 0) is 89.5 Å². The molecule has 0 bridgehead atoms. The second-order valence-electron chi connectivity index (χ2n) is 16.5. The first-order chi connectivity index (χ1) is 24.7. The quantitative estimate of drug-likeness (QED) is 0.0750. The molecule has 4 rings (SSSR count). The number of rotatable bonds is 10. The van der Waals surface area contributed by atoms with Gasteiger partial charge in [0.1, 0.15) is 5.84 Å². The first-order valence-corrected chi connectivity index (χ1v) is 18.1. The molecule has 0 unspecified atom stereocenters. The fourth-order valence-corrected chi connectivity index (χ4v) is 5.42. The van der Waals surface area contributed by atoms with Gasteiger partial charge in [-0.25, -0.2) is 9.98 Å². The highest BCUT2D eigenvalue weighted by Gasteiger charge is 2.51. The van der Waals surface area contributed by atoms with E-state index in [9.17, 15) is 0 Å². The molecule has 2 N–H and O–H groups in total. The smallest absolute Gasteiger partial charge is 0.399 e. The Balaban J connectivity index is 1.62. The van der Waals surface area contributed by atoms with Crippen molar-refractivity contribution >= 4 is 24.4 Å². The number of allylic oxidation sites excluding steroid dienone is 6. The van der Waals surface area contributed by atoms with Gasteiger partial charge in [0.05, 0.1) is 17.4 Å². The third-order valence-electron chi connectivity index (χ3n) is 9.76. The Labute approximate surface area is 319 Å². The van der Waals surface area contributed by atoms with E-state index < -0.39 is 18.3 Å². The first kappa shape index (κ1) is 40.8. The monoisotopic (exact) mass is 705 g/mol. The summed E-state index contributed by atoms with van der Waals surface area (Å²) in [7, 11) is -0.571. The van der Waals surface area contributed by atoms with Crippen LogP contribution in [0.3, 0.4) is 0 Å². The van der Waals surface area contributed by atoms with Crippen LogP contribution in [0.15, 0.2) is 156 Å². The molecule has 0 amide bonds. The van der Waals surface area contributed by atoms with E-state index in [1.807, 2.05) is 58.1 Å². The van der Waals surface area contributed by atoms with Crippen molar-refractivity contribution in [3.8, 4) is 11.1 Å². The summed E-state index contributed by atoms with van der Waals surface area (Å²) >= 11 is 0. The van der Waals surface area contributed by atoms with E-state index in [1.165, 1.54) is 11.1 Å². The van der Waals surface area contributed by atoms with Crippen molar-refractivity contribution in [2.75, 3.05) is 0 Å². The maximum Gasteiger partial charge on any atom is 0.494 e. The van der Waals surface area contributed by atoms with E-state index >= 15 is 0 Å². The summed E-state index contributed by atoms with van der Waals surface area (Å²) in [4.78, 5) is 9.40. The second kappa shape index (κ2) is 16.3. The van der Waals surface area contributed by atoms with Gasteiger partial charge < -0.3 is 15.0 Å². The first-order valence-electron chi connectivity index (χ1n) is 18.1. The molecule has 3 aromatic rings. The van der Waals surface area contributed by atoms with E-state index in [0.717, 1.165) is 27.8 Å². The maximum atomic E-state index is 6.50. The maximum absolute atomic E-state index is 6.50. The molecular formula is C47H56BN3O2. The predicted octanol–water partition coefficient (Wildman–Crippen LogP) is 11.3. The Morgan fingerprint density at radius 2 is 1.21 bits per heavy atom. The van der Waals surface area contributed by atoms with Crippen LogP contribution in [0.5, 0.6) is 0 Å². The molecule has 1 fully saturated rings. The van der Waals surface area contributed by atoms with Crippen molar-refractivity contribution in [2.45, 2.75) is 91.3 Å². The summed E-state index contributed by atoms with van der Waals surface area (Å²) in [5, 5.41) is 0. The van der Waals surface area contributed by atoms with Crippen LogP contribution in [0.4, 0.5) is 0 Å². The van der Waals surface area contributed by atoms with Crippen LogP contribution in [-0.2, 0) is 20.1 Å². The fourth-order valence-electron chi connectivity index (χ4n) is 5.42. The number of benzene rings is 3. The highest BCUT2D eigenvalue weighted by Crippen LogP contribution is 2.38. The molecule has 53 heavy (non-hydrogen) atoms. The van der Waals surface area contributed by atoms with Crippen molar-refractivity contribution in [3.63, 3.8) is 0 Å². The highest BCUT2D eigenvalue weighted by molar-refractivity contribution is 6.55. The predicted molar refractivity (Wildman–Crippen MR) is 228 cm³/mol. The fraction of sp³-hybridized carbons (Fsp3) is 0.298. The topological polar surface area (TPSA) is 69.2 Å². The van der Waals surface area contributed by atoms with Crippen LogP contribution in [0.25, 0.3) is 16.7 Å². The van der Waals surface area contributed by atoms with E-state index in [-0.39, 0.29) is 16.7 Å². The van der Waals surface area contributed by atoms with Gasteiger partial charge in [0.15, 0.2) is 5.84 Å². The molecule has 1 aliphatic heterocycles. The van der Waals surface area contributed by atoms with Crippen molar-refractivity contribution in [2.24, 2.45) is 15.7 Å². The Morgan fingerprint density at radius 1 is 0.736 bits per heavy atom. The molecule has 1 aliphatic rings. The molecule has 0 aliphatic carbocycles. The minimum absolute atomic E-state index is 0.0877. The van der Waals surface area contributed by atoms with Gasteiger partial charge in [-0.1, -0.05) is 152 Å². The minimum atomic E-state index is -0.571. The van der Waals surface area contributed by atoms with E-state index in [2.05, 4.69) is 133 Å². The zero-order chi connectivity index (χ0) is 39.2. The molecule has 0 spiro atoms. The molecule has 0 saturated carbocycles. The van der Waals surface area contributed by atoms with Gasteiger partial charge >= 0.3 is 7.12 Å². The number of hydrogen-bond donors (Lipinski definition) is 1. The lowest BCUT2D eigenvalue weighted by atomic mass is 9.79. The SMILES string of the molecule is C=C/C(=C\C=C=CN=C(N=C(N)C(=C)/C=C\C(=C)B1OC(C)(C)C(C)(C)O1)c1ccc(-c2ccc(C(C)(C)C)cc2)cc1)c1ccc(C(C)(C)C)cc1. The number of hydrogen-bond acceptors (Lipinski definition) is 3. The van der Waals surface area contributed by atoms with Crippen molar-refractivity contribution in [1.82, 2.24) is 0 Å². The summed E-state index contributed by atoms with van der Waals surface area (Å²) in [6.45, 7) is 33.6. The van der Waals surface area contributed by atoms with Gasteiger partial charge in [-0.15, -0.1) is 5.73 Å². The summed E-state index contributed by atoms with van der Waals surface area (Å²) in [5.41, 5.74) is 17.7. The van der Waals surface area contributed by atoms with Crippen molar-refractivity contribution in [3.05, 3.63) is 168 Å². The highest BCUT2D eigenvalue weighted by atomic mass is 16.7. The van der Waals surface area contributed by atoms with Crippen LogP contribution in [0, 0.1) is 0 Å². The number of aliphatic imine (C=N–C) groups is 2. The largest absolute Gasteiger partial charge is 0.494 e. The Kier molecular flexibility index (Phi) is 12.6. The average Bonchev–Trinajstić information content (AvgIpc) is 3.33. The minimum Gasteiger partial charge on any atom is -0.399 e. The van der Waals surface area contributed by atoms with Crippen LogP contribution in [0.1, 0.15) is 91.5 Å². The van der Waals surface area contributed by atoms with Crippen LogP contribution < -0.4 is 5.73 Å². The Morgan fingerprint density at radius 3 is 1.70 bits per heavy atom. The van der Waals surface area contributed by atoms with E-state index in [1.54, 1.807) is 18.4 Å². The van der Waals surface area contributed by atoms with Gasteiger partial charge in [0.25, 0.3) is 0 Å². The molecular weight excluding hydrogens is 649 g/mol. The molecule has 3 aromatic carbocycles. The molecule has 0 radical (unpaired) electrons. The van der Waals surface area contributed by atoms with Crippen LogP contribution in [-0.4, -0.2) is 30.0 Å². The van der Waals surface area contributed by atoms with Gasteiger partial charge in [0, 0.05) is 11.1 Å². The molecule has 0 atom stereocenters. The summed E-state index contributed by atoms with van der Waals surface area (Å²) in [6, 6.07) is 25.4. The van der Waals surface area contributed by atoms with Crippen molar-refractivity contribution in [1.29, 1.82) is 0 Å². The second-order valence-corrected chi connectivity index (χ2v) is 16.5. The zero-order valence-corrected chi connectivity index (χ0v) is 33.4. The number of amidine groups is 2. The normalized spacial score (nSPS) is 16.3. The molecule has 6 heteroatoms. The standard InChI is InChI=1S/C47H56BN3O2/c1-14-35(36-24-28-40(29-25-36)44(4,5)6)17-15-16-32-50-43(39-22-20-37(21-23-39)38-26-30-41(31-27-38)45(7,8)9)51-42(49)33(2)18-19-34(3)48-52-46(10,11)47(12,13)53-48/h14-15,17-32H,1-3H2,4-13H3,(H2,49,50,51)/b19-18-,35-17+. The third-order valence-corrected chi connectivity index (χ3v) is 9.76. The van der Waals surface area contributed by atoms with Crippen molar-refractivity contribution < 1.29 is 9.31 Å². The van der Waals surface area contributed by atoms with Crippen LogP contribution >= 0.6 is 0 Å². The molecule has 1 saturated heterocycles. The Hall–Kier alpha value is -5.00. The number of nitrogens with two attached hydrogens (primary N) is 1. The summed E-state index contributed by atoms with van der Waals surface area (Å²) in [5.74, 6) is 0.636. The van der Waals surface area contributed by atoms with Gasteiger partial charge in [0.2, 0.25) is 0 Å². The lowest BCUT2D eigenvalue weighted by Crippen LogP contribution is -2.41. The lowest BCUT2D eigenvalue weighted by molar-refractivity contribution is 0.00578. The van der Waals surface area contributed by atoms with Crippen LogP contribution in [0.2, 0.25) is 0 Å². The van der Waals surface area contributed by atoms with E-state index in [4.69, 9.17) is 20.0 Å². The van der Waals surface area contributed by atoms with E-state index in [0.29, 0.717) is 16.9 Å². The zero-order valence-electron chi connectivity index (χ0n) is 33.4. The molecule has 5 nitrogen and oxygen atoms in total. The number of nitrogens with zero attached hydrogens (tertiary/aromatic N) is 2. The molecule has 274 valence electrons.